The van der Waals surface area contributed by atoms with Crippen molar-refractivity contribution in [2.75, 3.05) is 34.0 Å². The maximum atomic E-state index is 11.5. The van der Waals surface area contributed by atoms with Gasteiger partial charge >= 0.3 is 11.9 Å². The Morgan fingerprint density at radius 3 is 2.62 bits per heavy atom. The van der Waals surface area contributed by atoms with Gasteiger partial charge in [0.25, 0.3) is 0 Å². The number of hydrogen-bond acceptors (Lipinski definition) is 6. The Balaban J connectivity index is 2.73. The lowest BCUT2D eigenvalue weighted by Crippen LogP contribution is -2.56. The zero-order valence-corrected chi connectivity index (χ0v) is 9.76. The molecule has 0 aromatic heterocycles. The fraction of sp³-hybridized carbons (Fsp3) is 0.800. The van der Waals surface area contributed by atoms with Crippen molar-refractivity contribution in [3.8, 4) is 0 Å². The van der Waals surface area contributed by atoms with E-state index in [2.05, 4.69) is 9.47 Å². The Bertz CT molecular complexity index is 268. The molecule has 1 aliphatic rings. The molecule has 0 N–H and O–H groups in total. The van der Waals surface area contributed by atoms with Gasteiger partial charge in [-0.3, -0.25) is 14.5 Å². The van der Waals surface area contributed by atoms with Crippen molar-refractivity contribution in [1.29, 1.82) is 0 Å². The summed E-state index contributed by atoms with van der Waals surface area (Å²) in [5, 5.41) is 0. The number of carbonyl (C=O) groups excluding carboxylic acids is 2. The van der Waals surface area contributed by atoms with Crippen molar-refractivity contribution in [3.63, 3.8) is 0 Å². The van der Waals surface area contributed by atoms with Crippen LogP contribution in [0.2, 0.25) is 0 Å². The smallest absolute Gasteiger partial charge is 0.325 e. The highest BCUT2D eigenvalue weighted by molar-refractivity contribution is 5.79. The highest BCUT2D eigenvalue weighted by Crippen LogP contribution is 2.13. The van der Waals surface area contributed by atoms with Gasteiger partial charge in [0.1, 0.15) is 12.1 Å². The number of carbonyl (C=O) groups is 2. The maximum Gasteiger partial charge on any atom is 0.325 e. The Morgan fingerprint density at radius 2 is 2.06 bits per heavy atom. The topological polar surface area (TPSA) is 65.1 Å². The van der Waals surface area contributed by atoms with Gasteiger partial charge in [-0.25, -0.2) is 0 Å². The molecule has 16 heavy (non-hydrogen) atoms. The van der Waals surface area contributed by atoms with E-state index in [-0.39, 0.29) is 12.6 Å². The number of esters is 2. The highest BCUT2D eigenvalue weighted by Gasteiger charge is 2.36. The van der Waals surface area contributed by atoms with Crippen LogP contribution in [0.4, 0.5) is 0 Å². The van der Waals surface area contributed by atoms with Crippen molar-refractivity contribution in [2.45, 2.75) is 19.0 Å². The lowest BCUT2D eigenvalue weighted by Gasteiger charge is -2.36. The summed E-state index contributed by atoms with van der Waals surface area (Å²) in [7, 11) is 2.64. The van der Waals surface area contributed by atoms with Crippen LogP contribution in [0.1, 0.15) is 6.92 Å². The summed E-state index contributed by atoms with van der Waals surface area (Å²) in [6.45, 7) is 2.95. The molecule has 1 fully saturated rings. The second kappa shape index (κ2) is 5.81. The van der Waals surface area contributed by atoms with Crippen LogP contribution in [0.5, 0.6) is 0 Å². The van der Waals surface area contributed by atoms with E-state index in [1.807, 2.05) is 0 Å². The molecule has 0 bridgehead atoms. The van der Waals surface area contributed by atoms with Crippen molar-refractivity contribution < 1.29 is 23.8 Å². The summed E-state index contributed by atoms with van der Waals surface area (Å²) in [6, 6.07) is -1.01. The number of methoxy groups -OCH3 is 2. The summed E-state index contributed by atoms with van der Waals surface area (Å²) in [6.07, 6.45) is 0. The van der Waals surface area contributed by atoms with E-state index in [1.165, 1.54) is 14.2 Å². The molecule has 6 nitrogen and oxygen atoms in total. The van der Waals surface area contributed by atoms with E-state index < -0.39 is 18.1 Å². The van der Waals surface area contributed by atoms with Gasteiger partial charge < -0.3 is 14.2 Å². The number of morpholine rings is 1. The Labute approximate surface area is 94.4 Å². The molecule has 2 unspecified atom stereocenters. The summed E-state index contributed by atoms with van der Waals surface area (Å²) < 4.78 is 14.5. The lowest BCUT2D eigenvalue weighted by atomic mass is 10.1. The molecule has 1 rings (SSSR count). The second-order valence-electron chi connectivity index (χ2n) is 3.55. The quantitative estimate of drug-likeness (QED) is 0.606. The molecule has 0 aromatic carbocycles. The predicted octanol–water partition coefficient (Wildman–Crippen LogP) is -0.578. The molecule has 1 saturated heterocycles. The van der Waals surface area contributed by atoms with E-state index in [0.29, 0.717) is 13.2 Å². The summed E-state index contributed by atoms with van der Waals surface area (Å²) in [5.74, 6) is -0.758. The largest absolute Gasteiger partial charge is 0.468 e. The molecule has 6 heteroatoms. The molecule has 0 amide bonds. The van der Waals surface area contributed by atoms with E-state index in [1.54, 1.807) is 11.8 Å². The van der Waals surface area contributed by atoms with Crippen LogP contribution in [0.25, 0.3) is 0 Å². The Hall–Kier alpha value is -1.14. The molecular weight excluding hydrogens is 214 g/mol. The minimum absolute atomic E-state index is 0.244. The molecule has 0 saturated carbocycles. The predicted molar refractivity (Wildman–Crippen MR) is 54.8 cm³/mol. The number of ether oxygens (including phenoxy) is 3. The van der Waals surface area contributed by atoms with Gasteiger partial charge in [-0.05, 0) is 6.92 Å². The van der Waals surface area contributed by atoms with E-state index >= 15 is 0 Å². The van der Waals surface area contributed by atoms with Gasteiger partial charge in [-0.15, -0.1) is 0 Å². The second-order valence-corrected chi connectivity index (χ2v) is 3.55. The molecular formula is C10H17NO5. The standard InChI is InChI=1S/C10H17NO5/c1-7(9(12)14-2)11-4-5-16-6-8(11)10(13)15-3/h7-8H,4-6H2,1-3H3. The first-order valence-electron chi connectivity index (χ1n) is 5.11. The molecule has 0 aliphatic carbocycles. The zero-order chi connectivity index (χ0) is 12.1. The van der Waals surface area contributed by atoms with E-state index in [9.17, 15) is 9.59 Å². The fourth-order valence-electron chi connectivity index (χ4n) is 1.73. The van der Waals surface area contributed by atoms with Crippen LogP contribution in [-0.4, -0.2) is 62.9 Å². The first-order valence-corrected chi connectivity index (χ1v) is 5.11. The maximum absolute atomic E-state index is 11.5. The van der Waals surface area contributed by atoms with Crippen molar-refractivity contribution >= 4 is 11.9 Å². The highest BCUT2D eigenvalue weighted by atomic mass is 16.5. The number of rotatable bonds is 3. The van der Waals surface area contributed by atoms with Gasteiger partial charge in [0.05, 0.1) is 27.4 Å². The fourth-order valence-corrected chi connectivity index (χ4v) is 1.73. The molecule has 0 spiro atoms. The van der Waals surface area contributed by atoms with Crippen molar-refractivity contribution in [1.82, 2.24) is 4.90 Å². The van der Waals surface area contributed by atoms with Gasteiger partial charge in [0.2, 0.25) is 0 Å². The molecule has 0 radical (unpaired) electrons. The summed E-state index contributed by atoms with van der Waals surface area (Å²) in [4.78, 5) is 24.6. The minimum atomic E-state index is -0.534. The first kappa shape index (κ1) is 12.9. The van der Waals surface area contributed by atoms with Crippen LogP contribution < -0.4 is 0 Å². The third kappa shape index (κ3) is 2.70. The number of hydrogen-bond donors (Lipinski definition) is 0. The van der Waals surface area contributed by atoms with E-state index in [4.69, 9.17) is 4.74 Å². The van der Waals surface area contributed by atoms with E-state index in [0.717, 1.165) is 0 Å². The third-order valence-electron chi connectivity index (χ3n) is 2.68. The average molecular weight is 231 g/mol. The average Bonchev–Trinajstić information content (AvgIpc) is 2.35. The van der Waals surface area contributed by atoms with Crippen LogP contribution in [0.3, 0.4) is 0 Å². The molecule has 0 aromatic rings. The van der Waals surface area contributed by atoms with Gasteiger partial charge in [0.15, 0.2) is 0 Å². The molecule has 2 atom stereocenters. The summed E-state index contributed by atoms with van der Waals surface area (Å²) in [5.41, 5.74) is 0. The van der Waals surface area contributed by atoms with Crippen LogP contribution in [0, 0.1) is 0 Å². The van der Waals surface area contributed by atoms with Gasteiger partial charge in [0, 0.05) is 6.54 Å². The van der Waals surface area contributed by atoms with Gasteiger partial charge in [-0.1, -0.05) is 0 Å². The van der Waals surface area contributed by atoms with Crippen LogP contribution in [0.15, 0.2) is 0 Å². The van der Waals surface area contributed by atoms with Gasteiger partial charge in [-0.2, -0.15) is 0 Å². The zero-order valence-electron chi connectivity index (χ0n) is 9.76. The van der Waals surface area contributed by atoms with Crippen LogP contribution >= 0.6 is 0 Å². The molecule has 92 valence electrons. The summed E-state index contributed by atoms with van der Waals surface area (Å²) >= 11 is 0. The van der Waals surface area contributed by atoms with Crippen LogP contribution in [-0.2, 0) is 23.8 Å². The molecule has 1 heterocycles. The normalized spacial score (nSPS) is 23.6. The first-order chi connectivity index (χ1) is 7.61. The monoisotopic (exact) mass is 231 g/mol. The Morgan fingerprint density at radius 1 is 1.38 bits per heavy atom. The number of nitrogens with zero attached hydrogens (tertiary/aromatic N) is 1. The Kier molecular flexibility index (Phi) is 4.70. The molecule has 1 aliphatic heterocycles. The lowest BCUT2D eigenvalue weighted by molar-refractivity contribution is -0.161. The third-order valence-corrected chi connectivity index (χ3v) is 2.68. The van der Waals surface area contributed by atoms with Crippen molar-refractivity contribution in [2.24, 2.45) is 0 Å². The SMILES string of the molecule is COC(=O)C(C)N1CCOCC1C(=O)OC. The minimum Gasteiger partial charge on any atom is -0.468 e. The van der Waals surface area contributed by atoms with Crippen molar-refractivity contribution in [3.05, 3.63) is 0 Å².